The molecule has 0 aromatic rings. The molecule has 1 fully saturated rings. The van der Waals surface area contributed by atoms with Crippen LogP contribution in [0, 0.1) is 17.2 Å². The number of aliphatic hydroxyl groups is 1. The highest BCUT2D eigenvalue weighted by molar-refractivity contribution is 5.71. The monoisotopic (exact) mass is 241 g/mol. The van der Waals surface area contributed by atoms with E-state index in [0.717, 1.165) is 25.7 Å². The van der Waals surface area contributed by atoms with Crippen LogP contribution in [-0.2, 0) is 9.53 Å². The summed E-state index contributed by atoms with van der Waals surface area (Å²) in [5.74, 6) is -1.77. The summed E-state index contributed by atoms with van der Waals surface area (Å²) in [6.07, 6.45) is 3.75. The maximum Gasteiger partial charge on any atom is 0.311 e. The van der Waals surface area contributed by atoms with Crippen molar-refractivity contribution in [3.05, 3.63) is 0 Å². The number of carbonyl (C=O) groups is 1. The molecule has 3 atom stereocenters. The molecule has 0 radical (unpaired) electrons. The Labute approximate surface area is 101 Å². The molecule has 0 spiro atoms. The summed E-state index contributed by atoms with van der Waals surface area (Å²) in [4.78, 5) is 10.9. The van der Waals surface area contributed by atoms with Gasteiger partial charge < -0.3 is 14.9 Å². The molecule has 0 aliphatic carbocycles. The molecule has 5 heteroatoms. The van der Waals surface area contributed by atoms with Crippen LogP contribution < -0.4 is 0 Å². The second-order valence-corrected chi connectivity index (χ2v) is 4.41. The summed E-state index contributed by atoms with van der Waals surface area (Å²) < 4.78 is 5.28. The second-order valence-electron chi connectivity index (χ2n) is 4.41. The van der Waals surface area contributed by atoms with E-state index >= 15 is 0 Å². The first-order valence-corrected chi connectivity index (χ1v) is 6.06. The van der Waals surface area contributed by atoms with Gasteiger partial charge in [0.05, 0.1) is 24.9 Å². The second kappa shape index (κ2) is 7.25. The van der Waals surface area contributed by atoms with Gasteiger partial charge in [0.25, 0.3) is 0 Å². The van der Waals surface area contributed by atoms with Crippen LogP contribution in [0.4, 0.5) is 0 Å². The third kappa shape index (κ3) is 4.33. The van der Waals surface area contributed by atoms with E-state index in [9.17, 15) is 9.90 Å². The summed E-state index contributed by atoms with van der Waals surface area (Å²) in [6.45, 7) is 0.121. The summed E-state index contributed by atoms with van der Waals surface area (Å²) in [7, 11) is 0. The molecule has 17 heavy (non-hydrogen) atoms. The van der Waals surface area contributed by atoms with Crippen LogP contribution in [0.1, 0.15) is 38.5 Å². The fourth-order valence-electron chi connectivity index (χ4n) is 2.17. The van der Waals surface area contributed by atoms with E-state index in [1.165, 1.54) is 0 Å². The molecule has 5 nitrogen and oxygen atoms in total. The van der Waals surface area contributed by atoms with E-state index in [1.54, 1.807) is 0 Å². The number of unbranched alkanes of at least 4 members (excludes halogenated alkanes) is 4. The van der Waals surface area contributed by atoms with Gasteiger partial charge in [-0.05, 0) is 12.8 Å². The van der Waals surface area contributed by atoms with Gasteiger partial charge >= 0.3 is 5.97 Å². The molecule has 1 aliphatic heterocycles. The third-order valence-corrected chi connectivity index (χ3v) is 3.11. The highest BCUT2D eigenvalue weighted by atomic mass is 16.5. The Morgan fingerprint density at radius 3 is 2.71 bits per heavy atom. The fraction of sp³-hybridized carbons (Fsp3) is 0.833. The predicted molar refractivity (Wildman–Crippen MR) is 60.2 cm³/mol. The first-order valence-electron chi connectivity index (χ1n) is 6.06. The zero-order valence-corrected chi connectivity index (χ0v) is 9.84. The maximum atomic E-state index is 10.9. The Balaban J connectivity index is 2.18. The van der Waals surface area contributed by atoms with Crippen LogP contribution in [0.2, 0.25) is 0 Å². The number of carboxylic acid groups (broad SMARTS) is 1. The minimum Gasteiger partial charge on any atom is -0.481 e. The Morgan fingerprint density at radius 2 is 2.06 bits per heavy atom. The van der Waals surface area contributed by atoms with Crippen molar-refractivity contribution in [2.45, 2.75) is 50.7 Å². The van der Waals surface area contributed by atoms with Gasteiger partial charge in [-0.1, -0.05) is 19.3 Å². The number of ether oxygens (including phenoxy) is 1. The fourth-order valence-corrected chi connectivity index (χ4v) is 2.17. The lowest BCUT2D eigenvalue weighted by Crippen LogP contribution is -2.31. The molecule has 1 rings (SSSR count). The number of hydrogen-bond donors (Lipinski definition) is 2. The van der Waals surface area contributed by atoms with Crippen molar-refractivity contribution >= 4 is 5.97 Å². The topological polar surface area (TPSA) is 90.5 Å². The average Bonchev–Trinajstić information content (AvgIpc) is 2.65. The van der Waals surface area contributed by atoms with Gasteiger partial charge in [-0.25, -0.2) is 0 Å². The number of aliphatic carboxylic acids is 1. The minimum absolute atomic E-state index is 0.121. The normalized spacial score (nSPS) is 27.9. The largest absolute Gasteiger partial charge is 0.481 e. The van der Waals surface area contributed by atoms with E-state index in [0.29, 0.717) is 12.8 Å². The summed E-state index contributed by atoms with van der Waals surface area (Å²) >= 11 is 0. The van der Waals surface area contributed by atoms with E-state index < -0.39 is 18.0 Å². The van der Waals surface area contributed by atoms with E-state index in [2.05, 4.69) is 6.07 Å². The Morgan fingerprint density at radius 1 is 1.35 bits per heavy atom. The van der Waals surface area contributed by atoms with E-state index in [4.69, 9.17) is 15.1 Å². The molecule has 2 N–H and O–H groups in total. The molecule has 0 amide bonds. The molecule has 96 valence electrons. The molecule has 0 saturated carbocycles. The number of nitrogens with zero attached hydrogens (tertiary/aromatic N) is 1. The lowest BCUT2D eigenvalue weighted by Gasteiger charge is -2.15. The Kier molecular flexibility index (Phi) is 5.95. The number of carboxylic acids is 1. The number of hydrogen-bond acceptors (Lipinski definition) is 4. The first kappa shape index (κ1) is 13.9. The SMILES string of the molecule is N#CCCCCCCC1OCC(O)C1C(=O)O. The lowest BCUT2D eigenvalue weighted by molar-refractivity contribution is -0.146. The first-order chi connectivity index (χ1) is 8.16. The van der Waals surface area contributed by atoms with Gasteiger partial charge in [-0.2, -0.15) is 5.26 Å². The minimum atomic E-state index is -0.982. The van der Waals surface area contributed by atoms with Crippen LogP contribution in [0.25, 0.3) is 0 Å². The van der Waals surface area contributed by atoms with Gasteiger partial charge in [0.1, 0.15) is 5.92 Å². The smallest absolute Gasteiger partial charge is 0.311 e. The van der Waals surface area contributed by atoms with Gasteiger partial charge in [0.2, 0.25) is 0 Å². The Bertz CT molecular complexity index is 287. The van der Waals surface area contributed by atoms with Crippen molar-refractivity contribution < 1.29 is 19.7 Å². The molecular formula is C12H19NO4. The van der Waals surface area contributed by atoms with Gasteiger partial charge in [0.15, 0.2) is 0 Å². The lowest BCUT2D eigenvalue weighted by atomic mass is 9.95. The number of nitriles is 1. The molecule has 0 aromatic heterocycles. The van der Waals surface area contributed by atoms with Crippen molar-refractivity contribution in [2.75, 3.05) is 6.61 Å². The highest BCUT2D eigenvalue weighted by Gasteiger charge is 2.40. The molecule has 1 saturated heterocycles. The quantitative estimate of drug-likeness (QED) is 0.656. The van der Waals surface area contributed by atoms with Crippen LogP contribution in [0.5, 0.6) is 0 Å². The van der Waals surface area contributed by atoms with Gasteiger partial charge in [-0.3, -0.25) is 4.79 Å². The zero-order valence-electron chi connectivity index (χ0n) is 9.84. The average molecular weight is 241 g/mol. The van der Waals surface area contributed by atoms with Crippen LogP contribution in [0.15, 0.2) is 0 Å². The van der Waals surface area contributed by atoms with Gasteiger partial charge in [0, 0.05) is 6.42 Å². The highest BCUT2D eigenvalue weighted by Crippen LogP contribution is 2.26. The standard InChI is InChI=1S/C12H19NO4/c13-7-5-3-1-2-4-6-10-11(12(15)16)9(14)8-17-10/h9-11,14H,1-6,8H2,(H,15,16). The number of aliphatic hydroxyl groups excluding tert-OH is 1. The molecular weight excluding hydrogens is 222 g/mol. The molecule has 0 bridgehead atoms. The van der Waals surface area contributed by atoms with Crippen LogP contribution >= 0.6 is 0 Å². The van der Waals surface area contributed by atoms with Crippen molar-refractivity contribution in [1.82, 2.24) is 0 Å². The Hall–Kier alpha value is -1.12. The van der Waals surface area contributed by atoms with Crippen molar-refractivity contribution in [1.29, 1.82) is 5.26 Å². The van der Waals surface area contributed by atoms with Crippen molar-refractivity contribution in [3.8, 4) is 6.07 Å². The summed E-state index contributed by atoms with van der Waals surface area (Å²) in [6, 6.07) is 2.09. The van der Waals surface area contributed by atoms with Crippen LogP contribution in [-0.4, -0.2) is 35.0 Å². The van der Waals surface area contributed by atoms with Crippen molar-refractivity contribution in [2.24, 2.45) is 5.92 Å². The van der Waals surface area contributed by atoms with Crippen molar-refractivity contribution in [3.63, 3.8) is 0 Å². The molecule has 1 aliphatic rings. The van der Waals surface area contributed by atoms with E-state index in [1.807, 2.05) is 0 Å². The predicted octanol–water partition coefficient (Wildman–Crippen LogP) is 1.31. The zero-order chi connectivity index (χ0) is 12.7. The van der Waals surface area contributed by atoms with Gasteiger partial charge in [-0.15, -0.1) is 0 Å². The molecule has 0 aromatic carbocycles. The summed E-state index contributed by atoms with van der Waals surface area (Å²) in [5, 5.41) is 26.8. The third-order valence-electron chi connectivity index (χ3n) is 3.11. The van der Waals surface area contributed by atoms with Crippen LogP contribution in [0.3, 0.4) is 0 Å². The maximum absolute atomic E-state index is 10.9. The molecule has 1 heterocycles. The van der Waals surface area contributed by atoms with E-state index in [-0.39, 0.29) is 12.7 Å². The molecule has 3 unspecified atom stereocenters. The summed E-state index contributed by atoms with van der Waals surface area (Å²) in [5.41, 5.74) is 0. The number of rotatable bonds is 7.